The van der Waals surface area contributed by atoms with Crippen LogP contribution in [0.3, 0.4) is 0 Å². The number of amides is 3. The van der Waals surface area contributed by atoms with Gasteiger partial charge in [-0.1, -0.05) is 12.1 Å². The smallest absolute Gasteiger partial charge is 0.301 e. The van der Waals surface area contributed by atoms with Crippen LogP contribution in [0.25, 0.3) is 22.2 Å². The Labute approximate surface area is 390 Å². The van der Waals surface area contributed by atoms with E-state index in [0.717, 1.165) is 99.2 Å². The summed E-state index contributed by atoms with van der Waals surface area (Å²) in [4.78, 5) is 64.4. The lowest BCUT2D eigenvalue weighted by Crippen LogP contribution is -2.52. The standard InChI is InChI=1S/C48H51F4N9O6S/c49-32-15-22-61(28-32)68(66,67)57-40-10-9-38(50)43(44(40)52)45(63)37-26-54-46-36(37)23-31(25-53-46)30-3-5-33(6-4-30)59-18-1-16-58(17-2-19-59)27-29-13-20-60(21-14-29)34-7-8-35(39(51)24-34)47(64)55-41-11-12-42(62)56-48(41)65/h3-10,23-26,29,32,41,57H,1-2,11-22,27-28H2,(H,53,54)(H,55,64)(H,56,62,65)/t32-,41-/m1/s1. The zero-order valence-electron chi connectivity index (χ0n) is 37.1. The second-order valence-electron chi connectivity index (χ2n) is 17.9. The Balaban J connectivity index is 0.769. The first-order valence-electron chi connectivity index (χ1n) is 22.9. The number of carbonyl (C=O) groups excluding carboxylic acids is 4. The maximum absolute atomic E-state index is 15.8. The fourth-order valence-corrected chi connectivity index (χ4v) is 10.9. The first-order valence-corrected chi connectivity index (χ1v) is 24.3. The molecule has 0 unspecified atom stereocenters. The Morgan fingerprint density at radius 2 is 1.50 bits per heavy atom. The van der Waals surface area contributed by atoms with E-state index in [1.807, 2.05) is 29.0 Å². The molecule has 68 heavy (non-hydrogen) atoms. The monoisotopic (exact) mass is 957 g/mol. The molecule has 358 valence electrons. The number of hydrogen-bond donors (Lipinski definition) is 4. The van der Waals surface area contributed by atoms with Gasteiger partial charge in [0.2, 0.25) is 17.6 Å². The molecule has 0 radical (unpaired) electrons. The van der Waals surface area contributed by atoms with E-state index in [1.165, 1.54) is 18.3 Å². The predicted octanol–water partition coefficient (Wildman–Crippen LogP) is 5.93. The molecular formula is C48H51F4N9O6S. The molecule has 3 aromatic carbocycles. The van der Waals surface area contributed by atoms with Gasteiger partial charge >= 0.3 is 10.2 Å². The highest BCUT2D eigenvalue weighted by molar-refractivity contribution is 7.90. The van der Waals surface area contributed by atoms with Gasteiger partial charge < -0.3 is 25.0 Å². The quantitative estimate of drug-likeness (QED) is 0.0666. The highest BCUT2D eigenvalue weighted by Crippen LogP contribution is 2.32. The first-order chi connectivity index (χ1) is 32.7. The number of benzene rings is 3. The summed E-state index contributed by atoms with van der Waals surface area (Å²) in [7, 11) is -4.36. The van der Waals surface area contributed by atoms with E-state index in [1.54, 1.807) is 18.3 Å². The number of aromatic nitrogens is 2. The average Bonchev–Trinajstić information content (AvgIpc) is 3.96. The van der Waals surface area contributed by atoms with Crippen LogP contribution in [0, 0.1) is 23.4 Å². The van der Waals surface area contributed by atoms with Crippen molar-refractivity contribution in [3.8, 4) is 11.1 Å². The van der Waals surface area contributed by atoms with E-state index >= 15 is 13.2 Å². The van der Waals surface area contributed by atoms with Crippen molar-refractivity contribution in [3.63, 3.8) is 0 Å². The lowest BCUT2D eigenvalue weighted by molar-refractivity contribution is -0.134. The molecule has 4 saturated heterocycles. The molecule has 0 spiro atoms. The zero-order valence-corrected chi connectivity index (χ0v) is 37.9. The molecule has 4 fully saturated rings. The Hall–Kier alpha value is -6.38. The molecule has 0 aliphatic carbocycles. The second-order valence-corrected chi connectivity index (χ2v) is 19.6. The van der Waals surface area contributed by atoms with Crippen LogP contribution in [0.5, 0.6) is 0 Å². The number of imide groups is 1. The summed E-state index contributed by atoms with van der Waals surface area (Å²) in [5, 5.41) is 5.04. The van der Waals surface area contributed by atoms with Crippen molar-refractivity contribution in [1.29, 1.82) is 0 Å². The van der Waals surface area contributed by atoms with Crippen molar-refractivity contribution in [3.05, 3.63) is 107 Å². The van der Waals surface area contributed by atoms with Gasteiger partial charge in [-0.3, -0.25) is 29.2 Å². The van der Waals surface area contributed by atoms with Crippen LogP contribution in [0.1, 0.15) is 71.2 Å². The summed E-state index contributed by atoms with van der Waals surface area (Å²) in [6.45, 7) is 5.69. The lowest BCUT2D eigenvalue weighted by Gasteiger charge is -2.37. The Bertz CT molecular complexity index is 2850. The number of anilines is 3. The number of hydrogen-bond acceptors (Lipinski definition) is 10. The van der Waals surface area contributed by atoms with Crippen LogP contribution in [0.4, 0.5) is 34.6 Å². The summed E-state index contributed by atoms with van der Waals surface area (Å²) < 4.78 is 88.3. The number of carbonyl (C=O) groups is 4. The molecule has 3 amide bonds. The number of pyridine rings is 1. The molecule has 20 heteroatoms. The third-order valence-corrected chi connectivity index (χ3v) is 14.9. The van der Waals surface area contributed by atoms with Crippen molar-refractivity contribution in [1.82, 2.24) is 29.8 Å². The van der Waals surface area contributed by atoms with Crippen LogP contribution >= 0.6 is 0 Å². The number of aromatic amines is 1. The van der Waals surface area contributed by atoms with Crippen molar-refractivity contribution >= 4 is 61.8 Å². The third kappa shape index (κ3) is 10.1. The van der Waals surface area contributed by atoms with E-state index < -0.39 is 81.2 Å². The molecule has 4 aliphatic heterocycles. The average molecular weight is 958 g/mol. The number of H-pyrrole nitrogens is 1. The molecule has 0 saturated carbocycles. The summed E-state index contributed by atoms with van der Waals surface area (Å²) in [5.74, 6) is -5.42. The highest BCUT2D eigenvalue weighted by atomic mass is 32.2. The number of piperidine rings is 2. The predicted molar refractivity (Wildman–Crippen MR) is 248 cm³/mol. The fourth-order valence-electron chi connectivity index (χ4n) is 9.62. The zero-order chi connectivity index (χ0) is 47.7. The topological polar surface area (TPSA) is 180 Å². The molecule has 9 rings (SSSR count). The number of alkyl halides is 1. The number of halogens is 4. The van der Waals surface area contributed by atoms with Gasteiger partial charge in [-0.2, -0.15) is 12.7 Å². The molecule has 2 aromatic heterocycles. The van der Waals surface area contributed by atoms with Crippen molar-refractivity contribution in [2.45, 2.75) is 57.2 Å². The molecule has 6 heterocycles. The van der Waals surface area contributed by atoms with E-state index in [4.69, 9.17) is 0 Å². The van der Waals surface area contributed by atoms with E-state index in [2.05, 4.69) is 35.3 Å². The van der Waals surface area contributed by atoms with Gasteiger partial charge in [0.25, 0.3) is 5.91 Å². The minimum Gasteiger partial charge on any atom is -0.371 e. The molecular weight excluding hydrogens is 907 g/mol. The minimum atomic E-state index is -4.36. The minimum absolute atomic E-state index is 0.00205. The van der Waals surface area contributed by atoms with E-state index in [9.17, 15) is 32.0 Å². The summed E-state index contributed by atoms with van der Waals surface area (Å²) >= 11 is 0. The van der Waals surface area contributed by atoms with Crippen LogP contribution in [-0.4, -0.2) is 122 Å². The van der Waals surface area contributed by atoms with Crippen LogP contribution in [0.2, 0.25) is 0 Å². The SMILES string of the molecule is O=C1CC[C@@H](NC(=O)c2ccc(N3CCC(CN4CCCN(c5ccc(-c6cnc7[nH]cc(C(=O)c8c(F)ccc(NS(=O)(=O)N9CC[C@@H](F)C9)c8F)c7c6)cc5)CCC4)CC3)cc2F)C(=O)N1. The van der Waals surface area contributed by atoms with Crippen LogP contribution < -0.4 is 25.2 Å². The number of fused-ring (bicyclic) bond motifs is 1. The molecule has 4 N–H and O–H groups in total. The molecule has 4 aliphatic rings. The summed E-state index contributed by atoms with van der Waals surface area (Å²) in [6, 6.07) is 15.1. The summed E-state index contributed by atoms with van der Waals surface area (Å²) in [5.41, 5.74) is 1.80. The molecule has 0 bridgehead atoms. The second kappa shape index (κ2) is 19.7. The van der Waals surface area contributed by atoms with Crippen LogP contribution in [0.15, 0.2) is 73.1 Å². The van der Waals surface area contributed by atoms with Gasteiger partial charge in [0.05, 0.1) is 16.8 Å². The maximum Gasteiger partial charge on any atom is 0.301 e. The summed E-state index contributed by atoms with van der Waals surface area (Å²) in [6.07, 6.45) is 5.74. The Morgan fingerprint density at radius 3 is 2.19 bits per heavy atom. The van der Waals surface area contributed by atoms with Gasteiger partial charge in [-0.05, 0) is 112 Å². The van der Waals surface area contributed by atoms with E-state index in [0.29, 0.717) is 28.2 Å². The van der Waals surface area contributed by atoms with Crippen molar-refractivity contribution in [2.75, 3.05) is 73.4 Å². The largest absolute Gasteiger partial charge is 0.371 e. The van der Waals surface area contributed by atoms with Gasteiger partial charge in [-0.25, -0.2) is 22.5 Å². The number of nitrogens with one attached hydrogen (secondary N) is 4. The van der Waals surface area contributed by atoms with Gasteiger partial charge in [0.1, 0.15) is 29.5 Å². The van der Waals surface area contributed by atoms with Gasteiger partial charge in [0, 0.05) is 92.5 Å². The van der Waals surface area contributed by atoms with Gasteiger partial charge in [-0.15, -0.1) is 0 Å². The molecule has 5 aromatic rings. The highest BCUT2D eigenvalue weighted by Gasteiger charge is 2.34. The normalized spacial score (nSPS) is 20.3. The van der Waals surface area contributed by atoms with E-state index in [-0.39, 0.29) is 36.9 Å². The van der Waals surface area contributed by atoms with Crippen molar-refractivity contribution < 1.29 is 45.2 Å². The first kappa shape index (κ1) is 46.7. The Morgan fingerprint density at radius 1 is 0.779 bits per heavy atom. The van der Waals surface area contributed by atoms with Crippen LogP contribution in [-0.2, 0) is 19.8 Å². The number of ketones is 1. The lowest BCUT2D eigenvalue weighted by atomic mass is 9.95. The van der Waals surface area contributed by atoms with Crippen molar-refractivity contribution in [2.24, 2.45) is 5.92 Å². The maximum atomic E-state index is 15.8. The fraction of sp³-hybridized carbons (Fsp3) is 0.396. The number of rotatable bonds is 12. The molecule has 15 nitrogen and oxygen atoms in total. The third-order valence-electron chi connectivity index (χ3n) is 13.4. The van der Waals surface area contributed by atoms with Gasteiger partial charge in [0.15, 0.2) is 5.82 Å². The Kier molecular flexibility index (Phi) is 13.5. The molecule has 2 atom stereocenters. The number of nitrogens with zero attached hydrogens (tertiary/aromatic N) is 5.